The number of carbonyl (C=O) groups excluding carboxylic acids is 1. The molecule has 0 spiro atoms. The monoisotopic (exact) mass is 426 g/mol. The molecule has 0 fully saturated rings. The van der Waals surface area contributed by atoms with E-state index in [2.05, 4.69) is 4.98 Å². The summed E-state index contributed by atoms with van der Waals surface area (Å²) < 4.78 is 12.5. The van der Waals surface area contributed by atoms with Crippen LogP contribution in [-0.2, 0) is 16.1 Å². The van der Waals surface area contributed by atoms with Crippen molar-refractivity contribution >= 4 is 23.3 Å². The standard InChI is InChI=1S/C26H22N2O4/c1-18-9-8-14-24-27-21(16-25(29)28(18)24)17-32-26(30)22(19-10-4-3-5-11-19)15-20-12-6-7-13-23(20)31-2/h3-16H,17H2,1-2H3/b22-15+. The summed E-state index contributed by atoms with van der Waals surface area (Å²) in [7, 11) is 1.58. The largest absolute Gasteiger partial charge is 0.496 e. The first kappa shape index (κ1) is 21.1. The van der Waals surface area contributed by atoms with Crippen molar-refractivity contribution in [2.45, 2.75) is 13.5 Å². The highest BCUT2D eigenvalue weighted by Gasteiger charge is 2.16. The molecule has 4 aromatic rings. The molecule has 6 nitrogen and oxygen atoms in total. The van der Waals surface area contributed by atoms with Gasteiger partial charge in [-0.2, -0.15) is 0 Å². The molecule has 2 aromatic heterocycles. The van der Waals surface area contributed by atoms with Gasteiger partial charge in [0.1, 0.15) is 18.0 Å². The summed E-state index contributed by atoms with van der Waals surface area (Å²) in [5.41, 5.74) is 3.31. The molecule has 6 heteroatoms. The minimum Gasteiger partial charge on any atom is -0.496 e. The van der Waals surface area contributed by atoms with E-state index < -0.39 is 5.97 Å². The quantitative estimate of drug-likeness (QED) is 0.261. The summed E-state index contributed by atoms with van der Waals surface area (Å²) in [5.74, 6) is 0.127. The van der Waals surface area contributed by atoms with Gasteiger partial charge in [-0.3, -0.25) is 9.20 Å². The lowest BCUT2D eigenvalue weighted by Crippen LogP contribution is -2.18. The fourth-order valence-corrected chi connectivity index (χ4v) is 3.47. The van der Waals surface area contributed by atoms with E-state index in [1.807, 2.05) is 73.7 Å². The first-order chi connectivity index (χ1) is 15.6. The lowest BCUT2D eigenvalue weighted by molar-refractivity contribution is -0.137. The Morgan fingerprint density at radius 1 is 1.00 bits per heavy atom. The fraction of sp³-hybridized carbons (Fsp3) is 0.115. The molecule has 160 valence electrons. The Kier molecular flexibility index (Phi) is 6.12. The van der Waals surface area contributed by atoms with Crippen molar-refractivity contribution in [1.29, 1.82) is 0 Å². The normalized spacial score (nSPS) is 11.4. The first-order valence-electron chi connectivity index (χ1n) is 10.1. The van der Waals surface area contributed by atoms with Crippen LogP contribution in [-0.4, -0.2) is 22.5 Å². The topological polar surface area (TPSA) is 69.9 Å². The molecule has 0 radical (unpaired) electrons. The van der Waals surface area contributed by atoms with Gasteiger partial charge >= 0.3 is 5.97 Å². The zero-order valence-corrected chi connectivity index (χ0v) is 17.8. The van der Waals surface area contributed by atoms with E-state index in [0.29, 0.717) is 28.2 Å². The van der Waals surface area contributed by atoms with E-state index in [-0.39, 0.29) is 12.2 Å². The summed E-state index contributed by atoms with van der Waals surface area (Å²) in [5, 5.41) is 0. The average Bonchev–Trinajstić information content (AvgIpc) is 2.81. The van der Waals surface area contributed by atoms with Gasteiger partial charge in [0, 0.05) is 17.3 Å². The number of esters is 1. The lowest BCUT2D eigenvalue weighted by Gasteiger charge is -2.11. The number of para-hydroxylation sites is 1. The smallest absolute Gasteiger partial charge is 0.339 e. The first-order valence-corrected chi connectivity index (χ1v) is 10.1. The van der Waals surface area contributed by atoms with Gasteiger partial charge in [0.2, 0.25) is 0 Å². The van der Waals surface area contributed by atoms with Crippen LogP contribution in [0.3, 0.4) is 0 Å². The minimum atomic E-state index is -0.520. The number of rotatable bonds is 6. The van der Waals surface area contributed by atoms with Crippen LogP contribution < -0.4 is 10.3 Å². The number of pyridine rings is 1. The van der Waals surface area contributed by atoms with Gasteiger partial charge in [0.25, 0.3) is 5.56 Å². The van der Waals surface area contributed by atoms with Gasteiger partial charge in [-0.1, -0.05) is 54.6 Å². The average molecular weight is 426 g/mol. The Balaban J connectivity index is 1.65. The van der Waals surface area contributed by atoms with Crippen LogP contribution in [0.15, 0.2) is 83.7 Å². The van der Waals surface area contributed by atoms with Crippen LogP contribution in [0.25, 0.3) is 17.3 Å². The van der Waals surface area contributed by atoms with E-state index in [1.165, 1.54) is 10.5 Å². The van der Waals surface area contributed by atoms with Crippen molar-refractivity contribution in [3.63, 3.8) is 0 Å². The van der Waals surface area contributed by atoms with Gasteiger partial charge in [0.05, 0.1) is 18.4 Å². The molecule has 0 saturated carbocycles. The molecule has 0 unspecified atom stereocenters. The zero-order valence-electron chi connectivity index (χ0n) is 17.8. The second-order valence-corrected chi connectivity index (χ2v) is 7.19. The zero-order chi connectivity index (χ0) is 22.5. The molecule has 2 aromatic carbocycles. The molecule has 0 aliphatic carbocycles. The molecular weight excluding hydrogens is 404 g/mol. The second kappa shape index (κ2) is 9.31. The summed E-state index contributed by atoms with van der Waals surface area (Å²) in [6, 6.07) is 23.5. The number of carbonyl (C=O) groups is 1. The van der Waals surface area contributed by atoms with Crippen molar-refractivity contribution < 1.29 is 14.3 Å². The van der Waals surface area contributed by atoms with Crippen molar-refractivity contribution in [2.24, 2.45) is 0 Å². The number of ether oxygens (including phenoxy) is 2. The number of hydrogen-bond acceptors (Lipinski definition) is 5. The Bertz CT molecular complexity index is 1360. The van der Waals surface area contributed by atoms with Gasteiger partial charge in [0.15, 0.2) is 0 Å². The maximum Gasteiger partial charge on any atom is 0.339 e. The molecule has 0 bridgehead atoms. The second-order valence-electron chi connectivity index (χ2n) is 7.19. The highest BCUT2D eigenvalue weighted by atomic mass is 16.5. The summed E-state index contributed by atoms with van der Waals surface area (Å²) in [6.45, 7) is 1.72. The third-order valence-corrected chi connectivity index (χ3v) is 5.03. The molecule has 0 saturated heterocycles. The van der Waals surface area contributed by atoms with Crippen LogP contribution in [0.1, 0.15) is 22.5 Å². The highest BCUT2D eigenvalue weighted by Crippen LogP contribution is 2.25. The molecule has 2 heterocycles. The van der Waals surface area contributed by atoms with Gasteiger partial charge < -0.3 is 9.47 Å². The minimum absolute atomic E-state index is 0.116. The predicted molar refractivity (Wildman–Crippen MR) is 123 cm³/mol. The molecule has 0 atom stereocenters. The van der Waals surface area contributed by atoms with E-state index in [4.69, 9.17) is 9.47 Å². The maximum absolute atomic E-state index is 13.1. The van der Waals surface area contributed by atoms with Gasteiger partial charge in [-0.05, 0) is 36.8 Å². The van der Waals surface area contributed by atoms with Crippen molar-refractivity contribution in [3.8, 4) is 5.75 Å². The van der Waals surface area contributed by atoms with Crippen molar-refractivity contribution in [2.75, 3.05) is 7.11 Å². The number of methoxy groups -OCH3 is 1. The Morgan fingerprint density at radius 3 is 2.53 bits per heavy atom. The van der Waals surface area contributed by atoms with Crippen LogP contribution in [0.2, 0.25) is 0 Å². The van der Waals surface area contributed by atoms with Crippen LogP contribution in [0.5, 0.6) is 5.75 Å². The molecule has 0 amide bonds. The Morgan fingerprint density at radius 2 is 1.75 bits per heavy atom. The maximum atomic E-state index is 13.1. The summed E-state index contributed by atoms with van der Waals surface area (Å²) in [4.78, 5) is 30.0. The summed E-state index contributed by atoms with van der Waals surface area (Å²) >= 11 is 0. The third-order valence-electron chi connectivity index (χ3n) is 5.03. The lowest BCUT2D eigenvalue weighted by atomic mass is 10.0. The molecule has 32 heavy (non-hydrogen) atoms. The molecule has 0 aliphatic rings. The Labute approximate surface area is 185 Å². The van der Waals surface area contributed by atoms with E-state index in [1.54, 1.807) is 19.3 Å². The van der Waals surface area contributed by atoms with Crippen molar-refractivity contribution in [1.82, 2.24) is 9.38 Å². The van der Waals surface area contributed by atoms with E-state index in [0.717, 1.165) is 11.3 Å². The predicted octanol–water partition coefficient (Wildman–Crippen LogP) is 4.30. The van der Waals surface area contributed by atoms with Crippen LogP contribution in [0, 0.1) is 6.92 Å². The van der Waals surface area contributed by atoms with Crippen molar-refractivity contribution in [3.05, 3.63) is 112 Å². The third kappa shape index (κ3) is 4.44. The van der Waals surface area contributed by atoms with E-state index in [9.17, 15) is 9.59 Å². The SMILES string of the molecule is COc1ccccc1/C=C(/C(=O)OCc1cc(=O)n2c(C)cccc2n1)c1ccccc1. The number of fused-ring (bicyclic) bond motifs is 1. The van der Waals surface area contributed by atoms with Gasteiger partial charge in [-0.25, -0.2) is 9.78 Å². The molecule has 0 aliphatic heterocycles. The number of aromatic nitrogens is 2. The Hall–Kier alpha value is -4.19. The van der Waals surface area contributed by atoms with Gasteiger partial charge in [-0.15, -0.1) is 0 Å². The number of hydrogen-bond donors (Lipinski definition) is 0. The number of benzene rings is 2. The van der Waals surface area contributed by atoms with Crippen LogP contribution >= 0.6 is 0 Å². The fourth-order valence-electron chi connectivity index (χ4n) is 3.47. The highest BCUT2D eigenvalue weighted by molar-refractivity contribution is 6.21. The molecular formula is C26H22N2O4. The number of nitrogens with zero attached hydrogens (tertiary/aromatic N) is 2. The van der Waals surface area contributed by atoms with E-state index >= 15 is 0 Å². The number of aryl methyl sites for hydroxylation is 1. The van der Waals surface area contributed by atoms with Crippen LogP contribution in [0.4, 0.5) is 0 Å². The summed E-state index contributed by atoms with van der Waals surface area (Å²) in [6.07, 6.45) is 1.74. The molecule has 4 rings (SSSR count). The molecule has 0 N–H and O–H groups in total.